The molecule has 56 heavy (non-hydrogen) atoms. The van der Waals surface area contributed by atoms with Crippen molar-refractivity contribution in [2.45, 2.75) is 116 Å². The predicted molar refractivity (Wildman–Crippen MR) is 222 cm³/mol. The van der Waals surface area contributed by atoms with Crippen molar-refractivity contribution in [1.82, 2.24) is 21.3 Å². The molecule has 4 N–H and O–H groups in total. The zero-order valence-electron chi connectivity index (χ0n) is 34.1. The first kappa shape index (κ1) is 52.7. The molecule has 0 bridgehead atoms. The number of hydrogen-bond acceptors (Lipinski definition) is 13. The molecule has 322 valence electrons. The number of unbranched alkanes of at least 4 members (excludes halogenated alkanes) is 6. The molecule has 0 saturated heterocycles. The number of nitrogens with one attached hydrogen (secondary N) is 4. The van der Waals surface area contributed by atoms with E-state index in [9.17, 15) is 28.8 Å². The molecule has 0 aliphatic rings. The highest BCUT2D eigenvalue weighted by molar-refractivity contribution is 8.13. The van der Waals surface area contributed by atoms with Crippen LogP contribution in [0.2, 0.25) is 0 Å². The molecule has 0 aromatic rings. The number of thioether (sulfide) groups is 2. The van der Waals surface area contributed by atoms with Gasteiger partial charge in [-0.2, -0.15) is 0 Å². The van der Waals surface area contributed by atoms with Crippen LogP contribution in [-0.2, 0) is 38.1 Å². The summed E-state index contributed by atoms with van der Waals surface area (Å²) in [5.41, 5.74) is -0.644. The normalized spacial score (nSPS) is 12.1. The van der Waals surface area contributed by atoms with Crippen LogP contribution in [0.3, 0.4) is 0 Å². The Kier molecular flexibility index (Phi) is 31.8. The van der Waals surface area contributed by atoms with E-state index in [0.29, 0.717) is 51.0 Å². The van der Waals surface area contributed by atoms with Crippen LogP contribution in [-0.4, -0.2) is 116 Å². The van der Waals surface area contributed by atoms with Gasteiger partial charge in [0.2, 0.25) is 5.91 Å². The lowest BCUT2D eigenvalue weighted by Gasteiger charge is -2.30. The summed E-state index contributed by atoms with van der Waals surface area (Å²) < 4.78 is 25.6. The summed E-state index contributed by atoms with van der Waals surface area (Å²) in [5.74, 6) is -0.170. The monoisotopic (exact) mass is 832 g/mol. The fourth-order valence-corrected chi connectivity index (χ4v) is 6.30. The van der Waals surface area contributed by atoms with Gasteiger partial charge < -0.3 is 45.0 Å². The quantitative estimate of drug-likeness (QED) is 0.0239. The molecule has 0 heterocycles. The van der Waals surface area contributed by atoms with Crippen LogP contribution in [0.4, 0.5) is 14.4 Å². The van der Waals surface area contributed by atoms with Crippen molar-refractivity contribution in [2.24, 2.45) is 0 Å². The Morgan fingerprint density at radius 1 is 0.589 bits per heavy atom. The molecular weight excluding hydrogens is 765 g/mol. The largest absolute Gasteiger partial charge is 0.462 e. The van der Waals surface area contributed by atoms with Crippen molar-refractivity contribution in [1.29, 1.82) is 0 Å². The van der Waals surface area contributed by atoms with Crippen LogP contribution in [0, 0.1) is 0 Å². The van der Waals surface area contributed by atoms with Gasteiger partial charge in [-0.25, -0.2) is 14.4 Å². The zero-order valence-corrected chi connectivity index (χ0v) is 35.8. The van der Waals surface area contributed by atoms with Crippen LogP contribution < -0.4 is 21.3 Å². The molecule has 1 unspecified atom stereocenters. The van der Waals surface area contributed by atoms with Gasteiger partial charge in [-0.3, -0.25) is 14.4 Å². The molecule has 0 fully saturated rings. The number of alkyl carbamates (subject to hydrolysis) is 1. The third-order valence-electron chi connectivity index (χ3n) is 8.35. The average Bonchev–Trinajstić information content (AvgIpc) is 3.15. The first-order chi connectivity index (χ1) is 26.8. The third kappa shape index (κ3) is 32.9. The fraction of sp³-hybridized carbons (Fsp3) is 0.744. The summed E-state index contributed by atoms with van der Waals surface area (Å²) >= 11 is 2.38. The molecule has 15 nitrogen and oxygen atoms in total. The molecule has 0 aliphatic heterocycles. The Morgan fingerprint density at radius 3 is 1.70 bits per heavy atom. The van der Waals surface area contributed by atoms with Gasteiger partial charge >= 0.3 is 18.0 Å². The van der Waals surface area contributed by atoms with E-state index in [1.54, 1.807) is 0 Å². The minimum absolute atomic E-state index is 0.0162. The van der Waals surface area contributed by atoms with E-state index in [1.165, 1.54) is 23.5 Å². The number of esters is 2. The fourth-order valence-electron chi connectivity index (χ4n) is 4.97. The Bertz CT molecular complexity index is 1180. The van der Waals surface area contributed by atoms with Crippen LogP contribution in [0.15, 0.2) is 25.3 Å². The highest BCUT2D eigenvalue weighted by Crippen LogP contribution is 2.20. The van der Waals surface area contributed by atoms with E-state index in [1.807, 2.05) is 27.7 Å². The number of carbonyl (C=O) groups is 6. The van der Waals surface area contributed by atoms with Gasteiger partial charge in [0.05, 0.1) is 32.8 Å². The number of carbonyl (C=O) groups excluding carboxylic acids is 6. The van der Waals surface area contributed by atoms with E-state index in [2.05, 4.69) is 34.4 Å². The van der Waals surface area contributed by atoms with Crippen LogP contribution in [0.25, 0.3) is 0 Å². The lowest BCUT2D eigenvalue weighted by molar-refractivity contribution is -0.139. The Morgan fingerprint density at radius 2 is 1.11 bits per heavy atom. The standard InChI is InChI=1S/C39H68N4O11S2/c1-7-33(45)52-23-18-32(44)42-39(6,9-3)20-15-11-13-17-22-41-36(48)55-30-28-50-24-25-51-29-31-56-37(49)43-38(4,5)19-14-10-12-16-21-40-35(47)54-27-26-53-34(46)8-2/h7-8H,1-2,9-31H2,3-6H3,(H,40,47)(H,41,48)(H,42,44)(H,43,49). The summed E-state index contributed by atoms with van der Waals surface area (Å²) in [5, 5.41) is 11.5. The summed E-state index contributed by atoms with van der Waals surface area (Å²) in [7, 11) is 0. The number of ether oxygens (including phenoxy) is 5. The minimum Gasteiger partial charge on any atom is -0.462 e. The molecule has 4 amide bonds. The second-order valence-electron chi connectivity index (χ2n) is 13.8. The lowest BCUT2D eigenvalue weighted by atomic mass is 9.91. The summed E-state index contributed by atoms with van der Waals surface area (Å²) in [6.07, 6.45) is 11.6. The maximum atomic E-state index is 12.4. The van der Waals surface area contributed by atoms with Crippen molar-refractivity contribution < 1.29 is 52.5 Å². The summed E-state index contributed by atoms with van der Waals surface area (Å²) in [4.78, 5) is 70.3. The molecule has 0 aliphatic carbocycles. The molecule has 17 heteroatoms. The summed E-state index contributed by atoms with van der Waals surface area (Å²) in [6.45, 7) is 17.5. The highest BCUT2D eigenvalue weighted by atomic mass is 32.2. The molecule has 0 saturated carbocycles. The van der Waals surface area contributed by atoms with E-state index in [-0.39, 0.29) is 53.7 Å². The maximum absolute atomic E-state index is 12.4. The Balaban J connectivity index is 3.69. The molecule has 0 spiro atoms. The average molecular weight is 833 g/mol. The van der Waals surface area contributed by atoms with Crippen molar-refractivity contribution >= 4 is 57.9 Å². The minimum atomic E-state index is -0.563. The van der Waals surface area contributed by atoms with E-state index in [4.69, 9.17) is 23.7 Å². The Labute approximate surface area is 342 Å². The molecule has 0 aromatic carbocycles. The highest BCUT2D eigenvalue weighted by Gasteiger charge is 2.24. The second-order valence-corrected chi connectivity index (χ2v) is 15.9. The molecule has 0 aromatic heterocycles. The smallest absolute Gasteiger partial charge is 0.407 e. The Hall–Kier alpha value is -3.28. The van der Waals surface area contributed by atoms with Crippen molar-refractivity contribution in [3.8, 4) is 0 Å². The zero-order chi connectivity index (χ0) is 41.9. The number of hydrogen-bond donors (Lipinski definition) is 4. The van der Waals surface area contributed by atoms with Gasteiger partial charge in [0.1, 0.15) is 19.8 Å². The molecule has 1 atom stereocenters. The van der Waals surface area contributed by atoms with Crippen LogP contribution in [0.1, 0.15) is 105 Å². The lowest BCUT2D eigenvalue weighted by Crippen LogP contribution is -2.45. The molecular formula is C39H68N4O11S2. The van der Waals surface area contributed by atoms with E-state index in [0.717, 1.165) is 82.8 Å². The van der Waals surface area contributed by atoms with Crippen molar-refractivity contribution in [2.75, 3.05) is 70.8 Å². The predicted octanol–water partition coefficient (Wildman–Crippen LogP) is 6.44. The van der Waals surface area contributed by atoms with Crippen LogP contribution >= 0.6 is 23.5 Å². The van der Waals surface area contributed by atoms with E-state index >= 15 is 0 Å². The van der Waals surface area contributed by atoms with Gasteiger partial charge in [-0.1, -0.05) is 82.1 Å². The molecule has 0 radical (unpaired) electrons. The first-order valence-corrected chi connectivity index (χ1v) is 21.5. The van der Waals surface area contributed by atoms with Crippen molar-refractivity contribution in [3.63, 3.8) is 0 Å². The van der Waals surface area contributed by atoms with Gasteiger partial charge in [-0.05, 0) is 52.9 Å². The van der Waals surface area contributed by atoms with Gasteiger partial charge in [0.15, 0.2) is 0 Å². The first-order valence-electron chi connectivity index (χ1n) is 19.6. The van der Waals surface area contributed by atoms with Crippen molar-refractivity contribution in [3.05, 3.63) is 25.3 Å². The topological polar surface area (TPSA) is 197 Å². The third-order valence-corrected chi connectivity index (χ3v) is 9.86. The van der Waals surface area contributed by atoms with Gasteiger partial charge in [-0.15, -0.1) is 0 Å². The molecule has 0 rings (SSSR count). The second kappa shape index (κ2) is 33.8. The maximum Gasteiger partial charge on any atom is 0.407 e. The summed E-state index contributed by atoms with van der Waals surface area (Å²) in [6, 6.07) is 0. The van der Waals surface area contributed by atoms with Gasteiger partial charge in [0, 0.05) is 47.8 Å². The SMILES string of the molecule is C=CC(=O)OCCOC(=O)NCCCCCCC(C)(C)NC(=O)SCCOCCOCCSC(=O)NCCCCCCC(C)(CC)NC(=O)CCOC(=O)C=C. The van der Waals surface area contributed by atoms with Crippen LogP contribution in [0.5, 0.6) is 0 Å². The van der Waals surface area contributed by atoms with Gasteiger partial charge in [0.25, 0.3) is 10.5 Å². The number of amides is 4. The number of rotatable bonds is 34. The van der Waals surface area contributed by atoms with E-state index < -0.39 is 18.0 Å².